The zero-order valence-electron chi connectivity index (χ0n) is 48.6. The summed E-state index contributed by atoms with van der Waals surface area (Å²) in [7, 11) is 0. The van der Waals surface area contributed by atoms with Crippen LogP contribution in [0.2, 0.25) is 0 Å². The minimum atomic E-state index is -4.46. The number of fused-ring (bicyclic) bond motifs is 12. The molecule has 0 aliphatic carbocycles. The lowest BCUT2D eigenvalue weighted by Crippen LogP contribution is -2.33. The van der Waals surface area contributed by atoms with Gasteiger partial charge in [0.1, 0.15) is 35.1 Å². The number of nitriles is 2. The predicted octanol–water partition coefficient (Wildman–Crippen LogP) is 14.6. The molecule has 12 rings (SSSR count). The predicted molar refractivity (Wildman–Crippen MR) is 324 cm³/mol. The number of ether oxygens (including phenoxy) is 6. The molecule has 2 spiro atoms. The monoisotopic (exact) mass is 1190 g/mol. The molecule has 2 atom stereocenters. The first-order valence-electron chi connectivity index (χ1n) is 28.8. The number of esters is 2. The Hall–Kier alpha value is -10.9. The van der Waals surface area contributed by atoms with Crippen molar-refractivity contribution in [2.24, 2.45) is 0 Å². The highest BCUT2D eigenvalue weighted by Crippen LogP contribution is 2.59. The minimum absolute atomic E-state index is 0.0557. The van der Waals surface area contributed by atoms with E-state index in [1.54, 1.807) is 36.4 Å². The van der Waals surface area contributed by atoms with E-state index in [-0.39, 0.29) is 43.4 Å². The summed E-state index contributed by atoms with van der Waals surface area (Å²) < 4.78 is 75.3. The lowest BCUT2D eigenvalue weighted by atomic mass is 9.76. The third-order valence-electron chi connectivity index (χ3n) is 16.3. The van der Waals surface area contributed by atoms with Crippen LogP contribution < -0.4 is 19.3 Å². The number of benzene rings is 8. The number of aryl methyl sites for hydroxylation is 1. The van der Waals surface area contributed by atoms with E-state index in [0.717, 1.165) is 70.6 Å². The highest BCUT2D eigenvalue weighted by Gasteiger charge is 2.55. The largest absolute Gasteiger partial charge is 0.456 e. The van der Waals surface area contributed by atoms with E-state index in [4.69, 9.17) is 28.4 Å². The number of allylic oxidation sites excluding steroid dienone is 2. The molecule has 4 aliphatic heterocycles. The number of alkyl halides is 3. The number of anilines is 2. The summed E-state index contributed by atoms with van der Waals surface area (Å²) in [6.45, 7) is 8.45. The highest BCUT2D eigenvalue weighted by atomic mass is 19.4. The number of halogens is 3. The Morgan fingerprint density at radius 2 is 1.08 bits per heavy atom. The molecule has 0 bridgehead atoms. The van der Waals surface area contributed by atoms with Gasteiger partial charge in [-0.25, -0.2) is 9.59 Å². The van der Waals surface area contributed by atoms with Gasteiger partial charge < -0.3 is 38.2 Å². The van der Waals surface area contributed by atoms with Crippen LogP contribution in [0.25, 0.3) is 0 Å². The van der Waals surface area contributed by atoms with Gasteiger partial charge in [-0.1, -0.05) is 104 Å². The average Bonchev–Trinajstić information content (AvgIpc) is 1.66. The first-order chi connectivity index (χ1) is 43.1. The molecule has 0 fully saturated rings. The van der Waals surface area contributed by atoms with Crippen LogP contribution in [0.4, 0.5) is 24.5 Å². The molecule has 14 nitrogen and oxygen atoms in total. The maximum atomic E-state index is 13.4. The number of unbranched alkanes of at least 4 members (excludes halogenated alkanes) is 1. The van der Waals surface area contributed by atoms with Gasteiger partial charge in [0.2, 0.25) is 11.5 Å². The molecule has 0 N–H and O–H groups in total. The molecule has 17 heteroatoms. The summed E-state index contributed by atoms with van der Waals surface area (Å²) in [6, 6.07) is 54.7. The van der Waals surface area contributed by atoms with Crippen molar-refractivity contribution in [3.8, 4) is 35.1 Å². The molecular weight excluding hydrogens is 1140 g/mol. The molecule has 0 amide bonds. The molecule has 4 aliphatic rings. The van der Waals surface area contributed by atoms with E-state index >= 15 is 0 Å². The van der Waals surface area contributed by atoms with Gasteiger partial charge in [-0.15, -0.1) is 0 Å². The second kappa shape index (κ2) is 25.2. The topological polar surface area (TPSA) is 178 Å². The van der Waals surface area contributed by atoms with E-state index in [1.807, 2.05) is 127 Å². The molecule has 0 radical (unpaired) electrons. The van der Waals surface area contributed by atoms with Crippen molar-refractivity contribution in [2.45, 2.75) is 63.8 Å². The molecule has 89 heavy (non-hydrogen) atoms. The summed E-state index contributed by atoms with van der Waals surface area (Å²) >= 11 is 0. The quantitative estimate of drug-likeness (QED) is 0.0260. The van der Waals surface area contributed by atoms with Gasteiger partial charge >= 0.3 is 18.1 Å². The Bertz CT molecular complexity index is 4240. The molecule has 8 aromatic rings. The molecule has 446 valence electrons. The van der Waals surface area contributed by atoms with Crippen LogP contribution in [0.1, 0.15) is 114 Å². The zero-order chi connectivity index (χ0) is 62.5. The van der Waals surface area contributed by atoms with Crippen molar-refractivity contribution in [1.29, 1.82) is 10.5 Å². The Morgan fingerprint density at radius 3 is 1.65 bits per heavy atom. The van der Waals surface area contributed by atoms with Gasteiger partial charge in [-0.2, -0.15) is 23.7 Å². The van der Waals surface area contributed by atoms with Crippen molar-refractivity contribution in [1.82, 2.24) is 0 Å². The third-order valence-corrected chi connectivity index (χ3v) is 16.3. The fourth-order valence-electron chi connectivity index (χ4n) is 12.0. The van der Waals surface area contributed by atoms with Crippen molar-refractivity contribution in [3.63, 3.8) is 0 Å². The van der Waals surface area contributed by atoms with Crippen LogP contribution in [0.15, 0.2) is 194 Å². The van der Waals surface area contributed by atoms with E-state index in [0.29, 0.717) is 81.6 Å². The molecule has 0 saturated carbocycles. The molecule has 4 heterocycles. The fraction of sp³-hybridized carbons (Fsp3) is 0.194. The first kappa shape index (κ1) is 59.8. The number of rotatable bonds is 18. The van der Waals surface area contributed by atoms with Gasteiger partial charge in [0.05, 0.1) is 16.7 Å². The molecule has 2 unspecified atom stereocenters. The van der Waals surface area contributed by atoms with E-state index < -0.39 is 28.9 Å². The Labute approximate surface area is 511 Å². The van der Waals surface area contributed by atoms with Crippen LogP contribution in [0.5, 0.6) is 23.0 Å². The summed E-state index contributed by atoms with van der Waals surface area (Å²) in [5, 5.41) is 18.5. The second-order valence-corrected chi connectivity index (χ2v) is 21.6. The average molecular weight is 1200 g/mol. The van der Waals surface area contributed by atoms with Crippen LogP contribution in [0, 0.1) is 29.6 Å². The van der Waals surface area contributed by atoms with Crippen LogP contribution >= 0.6 is 0 Å². The molecular formula is C72H57F3N4O10. The SMILES string of the molecule is CCCCN(C/C=C(\C#N)OC=O)c1ccc2c(c1)Oc1cc(C)c(Cc3ccccc3)cc1C21OC(=O)c2ccccc21.CCN(C/C=C(/C#N)OC=O)c1ccc2c(c1)Oc1ccc(Cc3cccc(C(F)(F)F)c3)cc1C21OC(=O)c2ccccc21. The van der Waals surface area contributed by atoms with Crippen molar-refractivity contribution < 1.29 is 60.8 Å². The van der Waals surface area contributed by atoms with Crippen molar-refractivity contribution in [3.05, 3.63) is 271 Å². The summed E-state index contributed by atoms with van der Waals surface area (Å²) in [5.41, 5.74) is 7.99. The highest BCUT2D eigenvalue weighted by molar-refractivity contribution is 5.98. The van der Waals surface area contributed by atoms with E-state index in [2.05, 4.69) is 36.9 Å². The second-order valence-electron chi connectivity index (χ2n) is 21.6. The Morgan fingerprint density at radius 1 is 0.551 bits per heavy atom. The standard InChI is InChI=1S/C37H32N2O5.C35H25F3N2O5/c1-3-4-17-39(18-16-29(23-38)42-24-40)28-14-15-32-35(22-28)43-34-19-25(2)27(20-26-10-6-5-7-11-26)21-33(34)37(32)31-13-9-8-12-30(31)36(41)44-37;1-2-40(15-14-26(20-39)43-21-41)25-11-12-29-32(19-25)44-31-13-10-23(16-22-6-5-7-24(17-22)35(36,37)38)18-30(31)34(29)28-9-4-3-8-27(28)33(42)45-34/h5-16,19,21-22,24H,3-4,17-18,20H2,1-2H3;3-14,17-19,21H,2,15-16H2,1H3/b29-16+;26-14-. The molecule has 0 saturated heterocycles. The Kier molecular flexibility index (Phi) is 16.9. The lowest BCUT2D eigenvalue weighted by Gasteiger charge is -2.38. The number of carbonyl (C=O) groups is 4. The lowest BCUT2D eigenvalue weighted by molar-refractivity contribution is -0.137. The number of likely N-dealkylation sites (N-methyl/N-ethyl adjacent to an activating group) is 1. The number of nitrogens with zero attached hydrogens (tertiary/aromatic N) is 4. The van der Waals surface area contributed by atoms with Crippen molar-refractivity contribution in [2.75, 3.05) is 36.0 Å². The van der Waals surface area contributed by atoms with Crippen molar-refractivity contribution >= 4 is 36.3 Å². The fourth-order valence-corrected chi connectivity index (χ4v) is 12.0. The summed E-state index contributed by atoms with van der Waals surface area (Å²) in [4.78, 5) is 52.2. The maximum Gasteiger partial charge on any atom is 0.416 e. The number of carbonyl (C=O) groups excluding carboxylic acids is 4. The van der Waals surface area contributed by atoms with Gasteiger partial charge in [-0.3, -0.25) is 9.59 Å². The normalized spacial score (nSPS) is 16.4. The maximum absolute atomic E-state index is 13.4. The Balaban J connectivity index is 0.000000184. The third kappa shape index (κ3) is 11.5. The molecule has 8 aromatic carbocycles. The van der Waals surface area contributed by atoms with Gasteiger partial charge in [-0.05, 0) is 140 Å². The van der Waals surface area contributed by atoms with Gasteiger partial charge in [0.15, 0.2) is 11.2 Å². The number of hydrogen-bond donors (Lipinski definition) is 0. The van der Waals surface area contributed by atoms with E-state index in [1.165, 1.54) is 17.7 Å². The van der Waals surface area contributed by atoms with Crippen LogP contribution in [-0.2, 0) is 58.8 Å². The van der Waals surface area contributed by atoms with Crippen LogP contribution in [0.3, 0.4) is 0 Å². The van der Waals surface area contributed by atoms with Crippen LogP contribution in [-0.4, -0.2) is 51.1 Å². The zero-order valence-corrected chi connectivity index (χ0v) is 48.6. The summed E-state index contributed by atoms with van der Waals surface area (Å²) in [5.74, 6) is 1.05. The smallest absolute Gasteiger partial charge is 0.416 e. The number of hydrogen-bond acceptors (Lipinski definition) is 14. The van der Waals surface area contributed by atoms with Gasteiger partial charge in [0, 0.05) is 83.1 Å². The first-order valence-corrected chi connectivity index (χ1v) is 28.8. The minimum Gasteiger partial charge on any atom is -0.456 e. The summed E-state index contributed by atoms with van der Waals surface area (Å²) in [6.07, 6.45) is 1.47. The van der Waals surface area contributed by atoms with E-state index in [9.17, 15) is 42.9 Å². The van der Waals surface area contributed by atoms with Gasteiger partial charge in [0.25, 0.3) is 12.9 Å². The molecule has 0 aromatic heterocycles.